The molecule has 5 heteroatoms. The number of benzene rings is 1. The number of halogens is 1. The van der Waals surface area contributed by atoms with Gasteiger partial charge in [-0.2, -0.15) is 0 Å². The molecule has 104 valence electrons. The van der Waals surface area contributed by atoms with Crippen LogP contribution >= 0.6 is 0 Å². The number of aromatic amines is 1. The molecule has 1 aliphatic rings. The molecule has 0 aliphatic heterocycles. The van der Waals surface area contributed by atoms with Crippen molar-refractivity contribution in [2.75, 3.05) is 10.6 Å². The second-order valence-corrected chi connectivity index (χ2v) is 5.08. The monoisotopic (exact) mass is 273 g/mol. The molecule has 1 saturated carbocycles. The Labute approximate surface area is 116 Å². The number of anilines is 2. The minimum absolute atomic E-state index is 0.200. The molecule has 2 aromatic rings. The highest BCUT2D eigenvalue weighted by molar-refractivity contribution is 6.06. The Morgan fingerprint density at radius 3 is 2.75 bits per heavy atom. The normalized spacial score (nSPS) is 14.1. The molecule has 1 fully saturated rings. The van der Waals surface area contributed by atoms with Crippen LogP contribution in [0.15, 0.2) is 30.5 Å². The summed E-state index contributed by atoms with van der Waals surface area (Å²) >= 11 is 0. The van der Waals surface area contributed by atoms with Crippen molar-refractivity contribution in [2.45, 2.75) is 25.8 Å². The quantitative estimate of drug-likeness (QED) is 0.800. The zero-order valence-corrected chi connectivity index (χ0v) is 11.2. The molecular formula is C15H16FN3O. The predicted molar refractivity (Wildman–Crippen MR) is 76.5 cm³/mol. The lowest BCUT2D eigenvalue weighted by Gasteiger charge is -2.12. The van der Waals surface area contributed by atoms with E-state index in [1.165, 1.54) is 12.1 Å². The molecule has 0 saturated heterocycles. The SMILES string of the molecule is Cc1[nH]ccc1C(=O)Nc1ccc(F)cc1NC1CC1. The fraction of sp³-hybridized carbons (Fsp3) is 0.267. The number of hydrogen-bond acceptors (Lipinski definition) is 2. The lowest BCUT2D eigenvalue weighted by atomic mass is 10.2. The van der Waals surface area contributed by atoms with Crippen LogP contribution in [0.25, 0.3) is 0 Å². The van der Waals surface area contributed by atoms with Crippen molar-refractivity contribution in [2.24, 2.45) is 0 Å². The Kier molecular flexibility index (Phi) is 3.18. The van der Waals surface area contributed by atoms with Crippen LogP contribution in [0, 0.1) is 12.7 Å². The molecule has 3 rings (SSSR count). The summed E-state index contributed by atoms with van der Waals surface area (Å²) in [6.45, 7) is 1.84. The van der Waals surface area contributed by atoms with E-state index in [-0.39, 0.29) is 11.7 Å². The fourth-order valence-corrected chi connectivity index (χ4v) is 2.08. The maximum absolute atomic E-state index is 13.3. The highest BCUT2D eigenvalue weighted by atomic mass is 19.1. The van der Waals surface area contributed by atoms with Gasteiger partial charge in [-0.25, -0.2) is 4.39 Å². The van der Waals surface area contributed by atoms with Gasteiger partial charge in [-0.05, 0) is 44.0 Å². The molecule has 0 atom stereocenters. The van der Waals surface area contributed by atoms with Gasteiger partial charge in [0, 0.05) is 17.9 Å². The number of carbonyl (C=O) groups excluding carboxylic acids is 1. The van der Waals surface area contributed by atoms with Crippen molar-refractivity contribution in [3.8, 4) is 0 Å². The van der Waals surface area contributed by atoms with E-state index < -0.39 is 0 Å². The van der Waals surface area contributed by atoms with Gasteiger partial charge < -0.3 is 15.6 Å². The molecular weight excluding hydrogens is 257 g/mol. The molecule has 1 aromatic heterocycles. The number of nitrogens with one attached hydrogen (secondary N) is 3. The lowest BCUT2D eigenvalue weighted by molar-refractivity contribution is 0.102. The lowest BCUT2D eigenvalue weighted by Crippen LogP contribution is -2.14. The largest absolute Gasteiger partial charge is 0.381 e. The van der Waals surface area contributed by atoms with Crippen LogP contribution in [0.1, 0.15) is 28.9 Å². The van der Waals surface area contributed by atoms with Gasteiger partial charge in [0.1, 0.15) is 5.82 Å². The van der Waals surface area contributed by atoms with Crippen LogP contribution in [0.4, 0.5) is 15.8 Å². The molecule has 0 radical (unpaired) electrons. The summed E-state index contributed by atoms with van der Waals surface area (Å²) in [7, 11) is 0. The van der Waals surface area contributed by atoms with Gasteiger partial charge in [0.25, 0.3) is 5.91 Å². The molecule has 1 amide bonds. The van der Waals surface area contributed by atoms with E-state index in [0.717, 1.165) is 18.5 Å². The summed E-state index contributed by atoms with van der Waals surface area (Å²) < 4.78 is 13.3. The molecule has 1 aliphatic carbocycles. The first-order chi connectivity index (χ1) is 9.63. The van der Waals surface area contributed by atoms with Gasteiger partial charge in [-0.1, -0.05) is 0 Å². The molecule has 0 unspecified atom stereocenters. The smallest absolute Gasteiger partial charge is 0.257 e. The summed E-state index contributed by atoms with van der Waals surface area (Å²) in [4.78, 5) is 15.1. The van der Waals surface area contributed by atoms with Crippen molar-refractivity contribution in [3.63, 3.8) is 0 Å². The third-order valence-electron chi connectivity index (χ3n) is 3.37. The fourth-order valence-electron chi connectivity index (χ4n) is 2.08. The molecule has 3 N–H and O–H groups in total. The standard InChI is InChI=1S/C15H16FN3O/c1-9-12(6-7-17-9)15(20)19-13-5-2-10(16)8-14(13)18-11-3-4-11/h2,5-8,11,17-18H,3-4H2,1H3,(H,19,20). The van der Waals surface area contributed by atoms with Gasteiger partial charge in [-0.15, -0.1) is 0 Å². The maximum atomic E-state index is 13.3. The van der Waals surface area contributed by atoms with Gasteiger partial charge in [0.2, 0.25) is 0 Å². The number of aryl methyl sites for hydroxylation is 1. The van der Waals surface area contributed by atoms with Gasteiger partial charge in [-0.3, -0.25) is 4.79 Å². The highest BCUT2D eigenvalue weighted by Crippen LogP contribution is 2.30. The van der Waals surface area contributed by atoms with E-state index in [0.29, 0.717) is 23.0 Å². The van der Waals surface area contributed by atoms with Crippen LogP contribution in [-0.4, -0.2) is 16.9 Å². The number of H-pyrrole nitrogens is 1. The average molecular weight is 273 g/mol. The Hall–Kier alpha value is -2.30. The Morgan fingerprint density at radius 2 is 2.10 bits per heavy atom. The van der Waals surface area contributed by atoms with Crippen molar-refractivity contribution in [1.29, 1.82) is 0 Å². The summed E-state index contributed by atoms with van der Waals surface area (Å²) in [5, 5.41) is 6.05. The van der Waals surface area contributed by atoms with Crippen LogP contribution in [-0.2, 0) is 0 Å². The minimum atomic E-state index is -0.316. The molecule has 20 heavy (non-hydrogen) atoms. The Bertz CT molecular complexity index is 646. The number of rotatable bonds is 4. The molecule has 1 aromatic carbocycles. The van der Waals surface area contributed by atoms with E-state index in [1.54, 1.807) is 18.3 Å². The van der Waals surface area contributed by atoms with Gasteiger partial charge in [0.15, 0.2) is 0 Å². The average Bonchev–Trinajstić information content (AvgIpc) is 3.12. The summed E-state index contributed by atoms with van der Waals surface area (Å²) in [5.74, 6) is -0.516. The van der Waals surface area contributed by atoms with Crippen molar-refractivity contribution >= 4 is 17.3 Å². The number of hydrogen-bond donors (Lipinski definition) is 3. The van der Waals surface area contributed by atoms with Crippen LogP contribution in [0.2, 0.25) is 0 Å². The zero-order chi connectivity index (χ0) is 14.1. The number of aromatic nitrogens is 1. The third-order valence-corrected chi connectivity index (χ3v) is 3.37. The summed E-state index contributed by atoms with van der Waals surface area (Å²) in [5.41, 5.74) is 2.63. The first kappa shape index (κ1) is 12.7. The Balaban J connectivity index is 1.82. The second-order valence-electron chi connectivity index (χ2n) is 5.08. The van der Waals surface area contributed by atoms with Gasteiger partial charge >= 0.3 is 0 Å². The highest BCUT2D eigenvalue weighted by Gasteiger charge is 2.22. The molecule has 1 heterocycles. The van der Waals surface area contributed by atoms with Crippen LogP contribution in [0.3, 0.4) is 0 Å². The predicted octanol–water partition coefficient (Wildman–Crippen LogP) is 3.29. The van der Waals surface area contributed by atoms with Crippen molar-refractivity contribution in [3.05, 3.63) is 47.5 Å². The molecule has 0 spiro atoms. The van der Waals surface area contributed by atoms with E-state index in [4.69, 9.17) is 0 Å². The number of carbonyl (C=O) groups is 1. The van der Waals surface area contributed by atoms with Gasteiger partial charge in [0.05, 0.1) is 16.9 Å². The molecule has 0 bridgehead atoms. The first-order valence-corrected chi connectivity index (χ1v) is 6.65. The minimum Gasteiger partial charge on any atom is -0.381 e. The molecule has 4 nitrogen and oxygen atoms in total. The third kappa shape index (κ3) is 2.66. The van der Waals surface area contributed by atoms with Crippen LogP contribution < -0.4 is 10.6 Å². The Morgan fingerprint density at radius 1 is 1.30 bits per heavy atom. The van der Waals surface area contributed by atoms with Crippen molar-refractivity contribution < 1.29 is 9.18 Å². The second kappa shape index (κ2) is 5.00. The van der Waals surface area contributed by atoms with E-state index >= 15 is 0 Å². The maximum Gasteiger partial charge on any atom is 0.257 e. The van der Waals surface area contributed by atoms with E-state index in [2.05, 4.69) is 15.6 Å². The van der Waals surface area contributed by atoms with E-state index in [9.17, 15) is 9.18 Å². The van der Waals surface area contributed by atoms with E-state index in [1.807, 2.05) is 6.92 Å². The topological polar surface area (TPSA) is 56.9 Å². The summed E-state index contributed by atoms with van der Waals surface area (Å²) in [6.07, 6.45) is 3.89. The first-order valence-electron chi connectivity index (χ1n) is 6.65. The summed E-state index contributed by atoms with van der Waals surface area (Å²) in [6, 6.07) is 6.46. The van der Waals surface area contributed by atoms with Crippen LogP contribution in [0.5, 0.6) is 0 Å². The zero-order valence-electron chi connectivity index (χ0n) is 11.2. The van der Waals surface area contributed by atoms with Crippen molar-refractivity contribution in [1.82, 2.24) is 4.98 Å². The number of amides is 1.